The van der Waals surface area contributed by atoms with Crippen LogP contribution in [0.4, 0.5) is 0 Å². The normalized spacial score (nSPS) is 12.4. The summed E-state index contributed by atoms with van der Waals surface area (Å²) in [6, 6.07) is 2.02. The molecule has 0 saturated heterocycles. The van der Waals surface area contributed by atoms with E-state index in [1.165, 1.54) is 0 Å². The Morgan fingerprint density at radius 3 is 3.07 bits per heavy atom. The maximum atomic E-state index is 10.7. The number of nitrogens with two attached hydrogens (primary N) is 1. The number of rotatable bonds is 6. The minimum absolute atomic E-state index is 0.0920. The highest BCUT2D eigenvalue weighted by atomic mass is 32.1. The quantitative estimate of drug-likeness (QED) is 0.766. The molecule has 1 heterocycles. The smallest absolute Gasteiger partial charge is 0.218 e. The number of methoxy groups -OCH3 is 1. The molecule has 5 heteroatoms. The maximum absolute atomic E-state index is 10.7. The zero-order valence-corrected chi connectivity index (χ0v) is 9.76. The van der Waals surface area contributed by atoms with Crippen molar-refractivity contribution in [3.8, 4) is 5.75 Å². The fourth-order valence-corrected chi connectivity index (χ4v) is 2.07. The van der Waals surface area contributed by atoms with E-state index in [0.29, 0.717) is 13.0 Å². The van der Waals surface area contributed by atoms with Crippen LogP contribution in [0.3, 0.4) is 0 Å². The molecule has 84 valence electrons. The van der Waals surface area contributed by atoms with Crippen molar-refractivity contribution < 1.29 is 9.53 Å². The number of nitrogens with one attached hydrogen (secondary N) is 1. The molecule has 0 aliphatic carbocycles. The standard InChI is InChI=1S/C10H16N2O2S/c1-7(5-10(11)13)12-6-9-8(14-2)3-4-15-9/h3-4,7,12H,5-6H2,1-2H3,(H2,11,13). The van der Waals surface area contributed by atoms with E-state index in [1.54, 1.807) is 18.4 Å². The minimum Gasteiger partial charge on any atom is -0.496 e. The number of carbonyl (C=O) groups excluding carboxylic acids is 1. The number of ether oxygens (including phenoxy) is 1. The first kappa shape index (κ1) is 12.0. The molecule has 0 spiro atoms. The van der Waals surface area contributed by atoms with E-state index < -0.39 is 0 Å². The lowest BCUT2D eigenvalue weighted by atomic mass is 10.2. The maximum Gasteiger partial charge on any atom is 0.218 e. The van der Waals surface area contributed by atoms with Gasteiger partial charge in [0.25, 0.3) is 0 Å². The van der Waals surface area contributed by atoms with Crippen molar-refractivity contribution in [3.05, 3.63) is 16.3 Å². The summed E-state index contributed by atoms with van der Waals surface area (Å²) >= 11 is 1.63. The molecule has 1 unspecified atom stereocenters. The van der Waals surface area contributed by atoms with E-state index in [0.717, 1.165) is 10.6 Å². The Hall–Kier alpha value is -1.07. The summed E-state index contributed by atoms with van der Waals surface area (Å²) in [4.78, 5) is 11.8. The molecule has 0 bridgehead atoms. The Balaban J connectivity index is 2.39. The zero-order chi connectivity index (χ0) is 11.3. The van der Waals surface area contributed by atoms with Crippen molar-refractivity contribution in [2.75, 3.05) is 7.11 Å². The van der Waals surface area contributed by atoms with Gasteiger partial charge in [0.1, 0.15) is 5.75 Å². The summed E-state index contributed by atoms with van der Waals surface area (Å²) < 4.78 is 5.18. The van der Waals surface area contributed by atoms with E-state index in [9.17, 15) is 4.79 Å². The van der Waals surface area contributed by atoms with Gasteiger partial charge in [-0.2, -0.15) is 0 Å². The molecular formula is C10H16N2O2S. The molecule has 1 amide bonds. The van der Waals surface area contributed by atoms with Crippen LogP contribution < -0.4 is 15.8 Å². The van der Waals surface area contributed by atoms with Crippen LogP contribution in [0.2, 0.25) is 0 Å². The van der Waals surface area contributed by atoms with Crippen LogP contribution in [-0.4, -0.2) is 19.1 Å². The summed E-state index contributed by atoms with van der Waals surface area (Å²) in [6.45, 7) is 2.64. The fraction of sp³-hybridized carbons (Fsp3) is 0.500. The Labute approximate surface area is 93.4 Å². The highest BCUT2D eigenvalue weighted by Gasteiger charge is 2.08. The van der Waals surface area contributed by atoms with E-state index >= 15 is 0 Å². The van der Waals surface area contributed by atoms with Crippen LogP contribution in [0.15, 0.2) is 11.4 Å². The summed E-state index contributed by atoms with van der Waals surface area (Å²) in [5, 5.41) is 5.20. The van der Waals surface area contributed by atoms with Crippen molar-refractivity contribution in [1.29, 1.82) is 0 Å². The van der Waals surface area contributed by atoms with Gasteiger partial charge in [-0.25, -0.2) is 0 Å². The average molecular weight is 228 g/mol. The van der Waals surface area contributed by atoms with Gasteiger partial charge in [-0.1, -0.05) is 0 Å². The van der Waals surface area contributed by atoms with Crippen LogP contribution in [0.1, 0.15) is 18.2 Å². The molecule has 0 radical (unpaired) electrons. The lowest BCUT2D eigenvalue weighted by Gasteiger charge is -2.11. The molecule has 0 aromatic carbocycles. The zero-order valence-electron chi connectivity index (χ0n) is 8.95. The fourth-order valence-electron chi connectivity index (χ4n) is 1.28. The first-order valence-electron chi connectivity index (χ1n) is 4.75. The van der Waals surface area contributed by atoms with Crippen molar-refractivity contribution in [3.63, 3.8) is 0 Å². The van der Waals surface area contributed by atoms with Crippen molar-refractivity contribution >= 4 is 17.2 Å². The third kappa shape index (κ3) is 3.89. The molecule has 4 nitrogen and oxygen atoms in total. The van der Waals surface area contributed by atoms with Gasteiger partial charge in [-0.15, -0.1) is 11.3 Å². The SMILES string of the molecule is COc1ccsc1CNC(C)CC(N)=O. The van der Waals surface area contributed by atoms with Crippen LogP contribution in [0.25, 0.3) is 0 Å². The lowest BCUT2D eigenvalue weighted by Crippen LogP contribution is -2.30. The molecule has 1 aromatic rings. The van der Waals surface area contributed by atoms with Gasteiger partial charge in [0.2, 0.25) is 5.91 Å². The Morgan fingerprint density at radius 1 is 1.73 bits per heavy atom. The van der Waals surface area contributed by atoms with E-state index in [1.807, 2.05) is 18.4 Å². The van der Waals surface area contributed by atoms with Crippen molar-refractivity contribution in [2.24, 2.45) is 5.73 Å². The molecule has 15 heavy (non-hydrogen) atoms. The van der Waals surface area contributed by atoms with Crippen molar-refractivity contribution in [2.45, 2.75) is 25.9 Å². The summed E-state index contributed by atoms with van der Waals surface area (Å²) in [5.41, 5.74) is 5.10. The van der Waals surface area contributed by atoms with E-state index in [-0.39, 0.29) is 11.9 Å². The third-order valence-electron chi connectivity index (χ3n) is 2.04. The van der Waals surface area contributed by atoms with E-state index in [2.05, 4.69) is 5.32 Å². The summed E-state index contributed by atoms with van der Waals surface area (Å²) in [5.74, 6) is 0.604. The molecule has 0 aliphatic heterocycles. The van der Waals surface area contributed by atoms with Gasteiger partial charge in [-0.3, -0.25) is 4.79 Å². The largest absolute Gasteiger partial charge is 0.496 e. The Kier molecular flexibility index (Phi) is 4.58. The molecule has 3 N–H and O–H groups in total. The average Bonchev–Trinajstić information content (AvgIpc) is 2.60. The highest BCUT2D eigenvalue weighted by Crippen LogP contribution is 2.24. The van der Waals surface area contributed by atoms with Crippen LogP contribution in [-0.2, 0) is 11.3 Å². The van der Waals surface area contributed by atoms with Crippen LogP contribution >= 0.6 is 11.3 Å². The number of amides is 1. The number of hydrogen-bond donors (Lipinski definition) is 2. The van der Waals surface area contributed by atoms with Gasteiger partial charge in [-0.05, 0) is 18.4 Å². The number of thiophene rings is 1. The van der Waals surface area contributed by atoms with Crippen molar-refractivity contribution in [1.82, 2.24) is 5.32 Å². The Morgan fingerprint density at radius 2 is 2.47 bits per heavy atom. The van der Waals surface area contributed by atoms with Crippen LogP contribution in [0, 0.1) is 0 Å². The molecule has 0 aliphatic rings. The second kappa shape index (κ2) is 5.72. The lowest BCUT2D eigenvalue weighted by molar-refractivity contribution is -0.118. The number of carbonyl (C=O) groups is 1. The summed E-state index contributed by atoms with van der Waals surface area (Å²) in [6.07, 6.45) is 0.355. The van der Waals surface area contributed by atoms with Crippen LogP contribution in [0.5, 0.6) is 5.75 Å². The second-order valence-corrected chi connectivity index (χ2v) is 4.37. The summed E-state index contributed by atoms with van der Waals surface area (Å²) in [7, 11) is 1.65. The predicted molar refractivity (Wildman–Crippen MR) is 61.0 cm³/mol. The molecular weight excluding hydrogens is 212 g/mol. The number of hydrogen-bond acceptors (Lipinski definition) is 4. The first-order chi connectivity index (χ1) is 7.13. The monoisotopic (exact) mass is 228 g/mol. The third-order valence-corrected chi connectivity index (χ3v) is 2.95. The molecule has 1 rings (SSSR count). The van der Waals surface area contributed by atoms with E-state index in [4.69, 9.17) is 10.5 Å². The number of primary amides is 1. The predicted octanol–water partition coefficient (Wildman–Crippen LogP) is 1.11. The first-order valence-corrected chi connectivity index (χ1v) is 5.63. The van der Waals surface area contributed by atoms with Gasteiger partial charge in [0, 0.05) is 19.0 Å². The van der Waals surface area contributed by atoms with Gasteiger partial charge < -0.3 is 15.8 Å². The van der Waals surface area contributed by atoms with Gasteiger partial charge >= 0.3 is 0 Å². The van der Waals surface area contributed by atoms with Gasteiger partial charge in [0.15, 0.2) is 0 Å². The highest BCUT2D eigenvalue weighted by molar-refractivity contribution is 7.10. The topological polar surface area (TPSA) is 64.3 Å². The second-order valence-electron chi connectivity index (χ2n) is 3.36. The van der Waals surface area contributed by atoms with Gasteiger partial charge in [0.05, 0.1) is 12.0 Å². The molecule has 0 saturated carbocycles. The molecule has 1 atom stereocenters. The Bertz CT molecular complexity index is 325. The molecule has 0 fully saturated rings. The molecule has 1 aromatic heterocycles. The minimum atomic E-state index is -0.284.